The van der Waals surface area contributed by atoms with Gasteiger partial charge in [0.1, 0.15) is 5.82 Å². The van der Waals surface area contributed by atoms with Crippen LogP contribution in [0.3, 0.4) is 0 Å². The Hall–Kier alpha value is -1.38. The molecule has 0 heterocycles. The van der Waals surface area contributed by atoms with Gasteiger partial charge in [0, 0.05) is 13.0 Å². The van der Waals surface area contributed by atoms with Crippen LogP contribution in [0.1, 0.15) is 18.9 Å². The summed E-state index contributed by atoms with van der Waals surface area (Å²) < 4.78 is 12.5. The highest BCUT2D eigenvalue weighted by molar-refractivity contribution is 5.76. The van der Waals surface area contributed by atoms with E-state index in [0.29, 0.717) is 19.4 Å². The number of amides is 1. The summed E-state index contributed by atoms with van der Waals surface area (Å²) in [5.74, 6) is -0.205. The third-order valence-corrected chi connectivity index (χ3v) is 1.93. The summed E-state index contributed by atoms with van der Waals surface area (Å²) in [6, 6.07) is 6.23. The van der Waals surface area contributed by atoms with Gasteiger partial charge in [-0.3, -0.25) is 4.79 Å². The number of carbonyl (C=O) groups is 1. The fraction of sp³-hybridized carbons (Fsp3) is 0.364. The van der Waals surface area contributed by atoms with Crippen LogP contribution in [0, 0.1) is 5.82 Å². The molecular weight excluding hydrogens is 181 g/mol. The number of rotatable bonds is 4. The minimum Gasteiger partial charge on any atom is -0.356 e. The van der Waals surface area contributed by atoms with Crippen molar-refractivity contribution in [1.82, 2.24) is 5.32 Å². The molecule has 0 bridgehead atoms. The van der Waals surface area contributed by atoms with Gasteiger partial charge in [-0.2, -0.15) is 0 Å². The van der Waals surface area contributed by atoms with Gasteiger partial charge >= 0.3 is 0 Å². The Bertz CT molecular complexity index is 295. The molecule has 0 aliphatic carbocycles. The van der Waals surface area contributed by atoms with Gasteiger partial charge in [-0.1, -0.05) is 12.1 Å². The summed E-state index contributed by atoms with van der Waals surface area (Å²) in [6.07, 6.45) is 1.12. The van der Waals surface area contributed by atoms with Crippen LogP contribution < -0.4 is 5.32 Å². The van der Waals surface area contributed by atoms with Gasteiger partial charge in [0.15, 0.2) is 0 Å². The Balaban J connectivity index is 2.38. The lowest BCUT2D eigenvalue weighted by Gasteiger charge is -2.02. The van der Waals surface area contributed by atoms with Gasteiger partial charge in [0.05, 0.1) is 0 Å². The molecule has 1 aromatic rings. The quantitative estimate of drug-likeness (QED) is 0.781. The van der Waals surface area contributed by atoms with Gasteiger partial charge in [-0.25, -0.2) is 4.39 Å². The van der Waals surface area contributed by atoms with Crippen molar-refractivity contribution in [3.8, 4) is 0 Å². The van der Waals surface area contributed by atoms with Crippen molar-refractivity contribution in [2.24, 2.45) is 0 Å². The van der Waals surface area contributed by atoms with Crippen LogP contribution in [-0.2, 0) is 11.2 Å². The van der Waals surface area contributed by atoms with Crippen LogP contribution in [0.25, 0.3) is 0 Å². The molecule has 0 atom stereocenters. The highest BCUT2D eigenvalue weighted by atomic mass is 19.1. The molecular formula is C11H14FNO. The molecule has 0 unspecified atom stereocenters. The van der Waals surface area contributed by atoms with E-state index in [4.69, 9.17) is 0 Å². The minimum atomic E-state index is -0.244. The smallest absolute Gasteiger partial charge is 0.220 e. The number of nitrogens with one attached hydrogen (secondary N) is 1. The van der Waals surface area contributed by atoms with E-state index >= 15 is 0 Å². The molecule has 14 heavy (non-hydrogen) atoms. The van der Waals surface area contributed by atoms with Crippen molar-refractivity contribution in [2.75, 3.05) is 6.54 Å². The predicted octanol–water partition coefficient (Wildman–Crippen LogP) is 1.89. The average Bonchev–Trinajstić information content (AvgIpc) is 2.17. The zero-order chi connectivity index (χ0) is 10.4. The van der Waals surface area contributed by atoms with Crippen LogP contribution in [0.4, 0.5) is 4.39 Å². The first-order chi connectivity index (χ1) is 6.72. The van der Waals surface area contributed by atoms with Crippen LogP contribution in [-0.4, -0.2) is 12.5 Å². The third kappa shape index (κ3) is 3.56. The molecule has 0 aliphatic rings. The van der Waals surface area contributed by atoms with E-state index in [-0.39, 0.29) is 11.7 Å². The molecule has 1 aromatic carbocycles. The normalized spacial score (nSPS) is 9.86. The first kappa shape index (κ1) is 10.7. The summed E-state index contributed by atoms with van der Waals surface area (Å²) in [7, 11) is 0. The molecule has 0 radical (unpaired) electrons. The topological polar surface area (TPSA) is 29.1 Å². The summed E-state index contributed by atoms with van der Waals surface area (Å²) >= 11 is 0. The Morgan fingerprint density at radius 1 is 1.36 bits per heavy atom. The fourth-order valence-electron chi connectivity index (χ4n) is 1.19. The second-order valence-corrected chi connectivity index (χ2v) is 3.08. The first-order valence-electron chi connectivity index (χ1n) is 4.73. The van der Waals surface area contributed by atoms with Gasteiger partial charge in [0.25, 0.3) is 0 Å². The SMILES string of the molecule is CCNC(=O)CCc1ccc(F)cc1. The minimum absolute atomic E-state index is 0.0387. The van der Waals surface area contributed by atoms with Crippen molar-refractivity contribution in [3.05, 3.63) is 35.6 Å². The van der Waals surface area contributed by atoms with Crippen LogP contribution >= 0.6 is 0 Å². The van der Waals surface area contributed by atoms with Gasteiger partial charge in [-0.05, 0) is 31.0 Å². The maximum atomic E-state index is 12.5. The van der Waals surface area contributed by atoms with Crippen LogP contribution in [0.5, 0.6) is 0 Å². The van der Waals surface area contributed by atoms with E-state index < -0.39 is 0 Å². The standard InChI is InChI=1S/C11H14FNO/c1-2-13-11(14)8-5-9-3-6-10(12)7-4-9/h3-4,6-7H,2,5,8H2,1H3,(H,13,14). The fourth-order valence-corrected chi connectivity index (χ4v) is 1.19. The van der Waals surface area contributed by atoms with E-state index in [1.54, 1.807) is 12.1 Å². The highest BCUT2D eigenvalue weighted by Gasteiger charge is 2.00. The van der Waals surface area contributed by atoms with Gasteiger partial charge < -0.3 is 5.32 Å². The number of aryl methyl sites for hydroxylation is 1. The summed E-state index contributed by atoms with van der Waals surface area (Å²) in [4.78, 5) is 11.1. The van der Waals surface area contributed by atoms with Crippen molar-refractivity contribution in [2.45, 2.75) is 19.8 Å². The number of hydrogen-bond donors (Lipinski definition) is 1. The third-order valence-electron chi connectivity index (χ3n) is 1.93. The molecule has 2 nitrogen and oxygen atoms in total. The largest absolute Gasteiger partial charge is 0.356 e. The van der Waals surface area contributed by atoms with E-state index in [0.717, 1.165) is 5.56 Å². The van der Waals surface area contributed by atoms with Crippen LogP contribution in [0.15, 0.2) is 24.3 Å². The molecule has 76 valence electrons. The zero-order valence-electron chi connectivity index (χ0n) is 8.22. The lowest BCUT2D eigenvalue weighted by atomic mass is 10.1. The van der Waals surface area contributed by atoms with E-state index in [1.165, 1.54) is 12.1 Å². The van der Waals surface area contributed by atoms with Crippen molar-refractivity contribution in [3.63, 3.8) is 0 Å². The molecule has 0 fully saturated rings. The number of halogens is 1. The molecule has 0 saturated heterocycles. The molecule has 1 amide bonds. The van der Waals surface area contributed by atoms with Crippen molar-refractivity contribution >= 4 is 5.91 Å². The van der Waals surface area contributed by atoms with Crippen molar-refractivity contribution in [1.29, 1.82) is 0 Å². The van der Waals surface area contributed by atoms with E-state index in [2.05, 4.69) is 5.32 Å². The Labute approximate surface area is 83.1 Å². The predicted molar refractivity (Wildman–Crippen MR) is 53.4 cm³/mol. The Morgan fingerprint density at radius 2 is 2.00 bits per heavy atom. The summed E-state index contributed by atoms with van der Waals surface area (Å²) in [6.45, 7) is 2.54. The number of benzene rings is 1. The number of carbonyl (C=O) groups excluding carboxylic acids is 1. The van der Waals surface area contributed by atoms with Gasteiger partial charge in [0.2, 0.25) is 5.91 Å². The molecule has 0 aliphatic heterocycles. The van der Waals surface area contributed by atoms with E-state index in [9.17, 15) is 9.18 Å². The first-order valence-corrected chi connectivity index (χ1v) is 4.73. The lowest BCUT2D eigenvalue weighted by molar-refractivity contribution is -0.120. The summed E-state index contributed by atoms with van der Waals surface area (Å²) in [5, 5.41) is 2.71. The molecule has 1 rings (SSSR count). The molecule has 3 heteroatoms. The highest BCUT2D eigenvalue weighted by Crippen LogP contribution is 2.05. The summed E-state index contributed by atoms with van der Waals surface area (Å²) in [5.41, 5.74) is 0.984. The van der Waals surface area contributed by atoms with Crippen LogP contribution in [0.2, 0.25) is 0 Å². The van der Waals surface area contributed by atoms with E-state index in [1.807, 2.05) is 6.92 Å². The molecule has 1 N–H and O–H groups in total. The second-order valence-electron chi connectivity index (χ2n) is 3.08. The monoisotopic (exact) mass is 195 g/mol. The lowest BCUT2D eigenvalue weighted by Crippen LogP contribution is -2.22. The van der Waals surface area contributed by atoms with Gasteiger partial charge in [-0.15, -0.1) is 0 Å². The number of hydrogen-bond acceptors (Lipinski definition) is 1. The molecule has 0 aromatic heterocycles. The molecule has 0 saturated carbocycles. The molecule has 0 spiro atoms. The van der Waals surface area contributed by atoms with Crippen molar-refractivity contribution < 1.29 is 9.18 Å². The average molecular weight is 195 g/mol. The maximum Gasteiger partial charge on any atom is 0.220 e. The zero-order valence-corrected chi connectivity index (χ0v) is 8.22. The maximum absolute atomic E-state index is 12.5. The second kappa shape index (κ2) is 5.37. The Kier molecular flexibility index (Phi) is 4.11. The Morgan fingerprint density at radius 3 is 2.57 bits per heavy atom.